The molecule has 0 fully saturated rings. The number of amides is 2. The fraction of sp³-hybridized carbons (Fsp3) is 0.125. The Hall–Kier alpha value is -2.42. The first-order chi connectivity index (χ1) is 9.18. The average Bonchev–Trinajstić information content (AvgIpc) is 2.74. The zero-order valence-corrected chi connectivity index (χ0v) is 10.5. The van der Waals surface area contributed by atoms with Crippen molar-refractivity contribution in [3.8, 4) is 0 Å². The lowest BCUT2D eigenvalue weighted by Crippen LogP contribution is -2.20. The summed E-state index contributed by atoms with van der Waals surface area (Å²) < 4.78 is 0. The van der Waals surface area contributed by atoms with Gasteiger partial charge in [0.05, 0.1) is 11.1 Å². The molecule has 2 aromatic carbocycles. The highest BCUT2D eigenvalue weighted by Gasteiger charge is 2.30. The lowest BCUT2D eigenvalue weighted by molar-refractivity contribution is 0.0879. The second kappa shape index (κ2) is 4.35. The fourth-order valence-corrected chi connectivity index (χ4v) is 2.53. The normalized spacial score (nSPS) is 15.0. The Kier molecular flexibility index (Phi) is 2.67. The number of hydrogen-bond acceptors (Lipinski definition) is 2. The highest BCUT2D eigenvalue weighted by Crippen LogP contribution is 2.30. The van der Waals surface area contributed by atoms with Gasteiger partial charge >= 0.3 is 0 Å². The zero-order chi connectivity index (χ0) is 13.4. The SMILES string of the molecule is CC(c1ccccc1)c1cccc2c1C(=O)NC2=O. The summed E-state index contributed by atoms with van der Waals surface area (Å²) in [5.74, 6) is -0.520. The van der Waals surface area contributed by atoms with Crippen molar-refractivity contribution < 1.29 is 9.59 Å². The molecule has 1 atom stereocenters. The van der Waals surface area contributed by atoms with E-state index in [4.69, 9.17) is 0 Å². The van der Waals surface area contributed by atoms with E-state index < -0.39 is 0 Å². The minimum atomic E-state index is -0.304. The summed E-state index contributed by atoms with van der Waals surface area (Å²) in [4.78, 5) is 23.6. The van der Waals surface area contributed by atoms with Crippen molar-refractivity contribution in [2.45, 2.75) is 12.8 Å². The minimum Gasteiger partial charge on any atom is -0.288 e. The number of fused-ring (bicyclic) bond motifs is 1. The average molecular weight is 251 g/mol. The van der Waals surface area contributed by atoms with Crippen LogP contribution in [0.4, 0.5) is 0 Å². The van der Waals surface area contributed by atoms with E-state index in [-0.39, 0.29) is 17.7 Å². The number of benzene rings is 2. The summed E-state index contributed by atoms with van der Waals surface area (Å²) in [5, 5.41) is 2.35. The number of imide groups is 1. The van der Waals surface area contributed by atoms with Crippen molar-refractivity contribution in [3.63, 3.8) is 0 Å². The summed E-state index contributed by atoms with van der Waals surface area (Å²) in [7, 11) is 0. The molecule has 3 heteroatoms. The topological polar surface area (TPSA) is 46.2 Å². The first kappa shape index (κ1) is 11.7. The van der Waals surface area contributed by atoms with E-state index in [1.54, 1.807) is 6.07 Å². The van der Waals surface area contributed by atoms with Crippen LogP contribution in [0, 0.1) is 0 Å². The van der Waals surface area contributed by atoms with E-state index in [9.17, 15) is 9.59 Å². The molecule has 0 saturated heterocycles. The fourth-order valence-electron chi connectivity index (χ4n) is 2.53. The number of carbonyl (C=O) groups excluding carboxylic acids is 2. The Morgan fingerprint density at radius 1 is 0.895 bits per heavy atom. The van der Waals surface area contributed by atoms with Gasteiger partial charge in [-0.1, -0.05) is 49.4 Å². The monoisotopic (exact) mass is 251 g/mol. The summed E-state index contributed by atoms with van der Waals surface area (Å²) in [5.41, 5.74) is 3.02. The van der Waals surface area contributed by atoms with E-state index in [2.05, 4.69) is 5.32 Å². The molecule has 1 aliphatic rings. The summed E-state index contributed by atoms with van der Waals surface area (Å²) in [6.07, 6.45) is 0. The quantitative estimate of drug-likeness (QED) is 0.834. The second-order valence-electron chi connectivity index (χ2n) is 4.69. The van der Waals surface area contributed by atoms with Crippen LogP contribution < -0.4 is 5.32 Å². The molecule has 1 N–H and O–H groups in total. The maximum Gasteiger partial charge on any atom is 0.259 e. The molecule has 0 aromatic heterocycles. The highest BCUT2D eigenvalue weighted by molar-refractivity contribution is 6.22. The largest absolute Gasteiger partial charge is 0.288 e. The van der Waals surface area contributed by atoms with Gasteiger partial charge in [0.25, 0.3) is 11.8 Å². The molecule has 3 nitrogen and oxygen atoms in total. The third kappa shape index (κ3) is 1.83. The molecular weight excluding hydrogens is 238 g/mol. The Bertz CT molecular complexity index is 662. The van der Waals surface area contributed by atoms with Crippen LogP contribution in [-0.2, 0) is 0 Å². The molecule has 19 heavy (non-hydrogen) atoms. The molecule has 0 bridgehead atoms. The molecule has 0 aliphatic carbocycles. The van der Waals surface area contributed by atoms with Crippen molar-refractivity contribution >= 4 is 11.8 Å². The van der Waals surface area contributed by atoms with Crippen molar-refractivity contribution in [1.82, 2.24) is 5.32 Å². The van der Waals surface area contributed by atoms with Gasteiger partial charge in [-0.2, -0.15) is 0 Å². The molecule has 0 radical (unpaired) electrons. The first-order valence-electron chi connectivity index (χ1n) is 6.22. The summed E-state index contributed by atoms with van der Waals surface area (Å²) in [6, 6.07) is 15.4. The zero-order valence-electron chi connectivity index (χ0n) is 10.5. The minimum absolute atomic E-state index is 0.0767. The molecule has 94 valence electrons. The van der Waals surface area contributed by atoms with Crippen LogP contribution in [-0.4, -0.2) is 11.8 Å². The maximum atomic E-state index is 11.9. The molecule has 0 spiro atoms. The van der Waals surface area contributed by atoms with Crippen LogP contribution >= 0.6 is 0 Å². The highest BCUT2D eigenvalue weighted by atomic mass is 16.2. The van der Waals surface area contributed by atoms with Gasteiger partial charge in [-0.05, 0) is 17.2 Å². The van der Waals surface area contributed by atoms with Crippen LogP contribution in [0.25, 0.3) is 0 Å². The Morgan fingerprint density at radius 2 is 1.63 bits per heavy atom. The molecule has 0 saturated carbocycles. The van der Waals surface area contributed by atoms with Gasteiger partial charge in [-0.25, -0.2) is 0 Å². The van der Waals surface area contributed by atoms with Gasteiger partial charge in [0.15, 0.2) is 0 Å². The van der Waals surface area contributed by atoms with Gasteiger partial charge in [0.1, 0.15) is 0 Å². The molecule has 2 amide bonds. The predicted molar refractivity (Wildman–Crippen MR) is 72.2 cm³/mol. The molecule has 1 aliphatic heterocycles. The standard InChI is InChI=1S/C16H13NO2/c1-10(11-6-3-2-4-7-11)12-8-5-9-13-14(12)16(19)17-15(13)18/h2-10H,1H3,(H,17,18,19). The third-order valence-electron chi connectivity index (χ3n) is 3.56. The summed E-state index contributed by atoms with van der Waals surface area (Å²) in [6.45, 7) is 2.04. The summed E-state index contributed by atoms with van der Waals surface area (Å²) >= 11 is 0. The molecule has 2 aromatic rings. The van der Waals surface area contributed by atoms with Crippen molar-refractivity contribution in [3.05, 3.63) is 70.8 Å². The van der Waals surface area contributed by atoms with Crippen LogP contribution in [0.5, 0.6) is 0 Å². The second-order valence-corrected chi connectivity index (χ2v) is 4.69. The molecule has 3 rings (SSSR count). The van der Waals surface area contributed by atoms with Gasteiger partial charge in [-0.3, -0.25) is 14.9 Å². The first-order valence-corrected chi connectivity index (χ1v) is 6.22. The molecule has 1 unspecified atom stereocenters. The Labute approximate surface area is 111 Å². The van der Waals surface area contributed by atoms with Crippen LogP contribution in [0.15, 0.2) is 48.5 Å². The van der Waals surface area contributed by atoms with E-state index in [0.717, 1.165) is 11.1 Å². The number of rotatable bonds is 2. The number of nitrogens with one attached hydrogen (secondary N) is 1. The predicted octanol–water partition coefficient (Wildman–Crippen LogP) is 2.72. The number of carbonyl (C=O) groups is 2. The molecular formula is C16H13NO2. The van der Waals surface area contributed by atoms with Gasteiger partial charge < -0.3 is 0 Å². The van der Waals surface area contributed by atoms with Gasteiger partial charge in [0.2, 0.25) is 0 Å². The lowest BCUT2D eigenvalue weighted by atomic mass is 9.88. The Morgan fingerprint density at radius 3 is 2.37 bits per heavy atom. The van der Waals surface area contributed by atoms with E-state index in [1.165, 1.54) is 0 Å². The van der Waals surface area contributed by atoms with Crippen molar-refractivity contribution in [2.75, 3.05) is 0 Å². The maximum absolute atomic E-state index is 11.9. The Balaban J connectivity index is 2.13. The number of hydrogen-bond donors (Lipinski definition) is 1. The van der Waals surface area contributed by atoms with Crippen LogP contribution in [0.3, 0.4) is 0 Å². The lowest BCUT2D eigenvalue weighted by Gasteiger charge is -2.14. The smallest absolute Gasteiger partial charge is 0.259 e. The molecule has 1 heterocycles. The van der Waals surface area contributed by atoms with Gasteiger partial charge in [0, 0.05) is 5.92 Å². The van der Waals surface area contributed by atoms with E-state index in [0.29, 0.717) is 11.1 Å². The van der Waals surface area contributed by atoms with Crippen molar-refractivity contribution in [1.29, 1.82) is 0 Å². The van der Waals surface area contributed by atoms with E-state index in [1.807, 2.05) is 49.4 Å². The van der Waals surface area contributed by atoms with Gasteiger partial charge in [-0.15, -0.1) is 0 Å². The van der Waals surface area contributed by atoms with Crippen LogP contribution in [0.1, 0.15) is 44.7 Å². The van der Waals surface area contributed by atoms with Crippen LogP contribution in [0.2, 0.25) is 0 Å². The van der Waals surface area contributed by atoms with E-state index >= 15 is 0 Å². The third-order valence-corrected chi connectivity index (χ3v) is 3.56. The van der Waals surface area contributed by atoms with Crippen molar-refractivity contribution in [2.24, 2.45) is 0 Å².